The summed E-state index contributed by atoms with van der Waals surface area (Å²) < 4.78 is 1.10. The molecule has 0 spiro atoms. The zero-order chi connectivity index (χ0) is 11.1. The third-order valence-corrected chi connectivity index (χ3v) is 3.85. The second-order valence-corrected chi connectivity index (χ2v) is 5.56. The van der Waals surface area contributed by atoms with Crippen LogP contribution in [0.1, 0.15) is 24.8 Å². The third-order valence-electron chi connectivity index (χ3n) is 3.35. The predicted octanol–water partition coefficient (Wildman–Crippen LogP) is 3.14. The van der Waals surface area contributed by atoms with Crippen LogP contribution in [0.2, 0.25) is 0 Å². The molecule has 1 saturated carbocycles. The van der Waals surface area contributed by atoms with E-state index in [0.717, 1.165) is 42.4 Å². The van der Waals surface area contributed by atoms with Crippen LogP contribution in [0.25, 0.3) is 0 Å². The van der Waals surface area contributed by atoms with E-state index in [2.05, 4.69) is 28.1 Å². The van der Waals surface area contributed by atoms with Crippen LogP contribution < -0.4 is 4.90 Å². The lowest BCUT2D eigenvalue weighted by Gasteiger charge is -2.29. The summed E-state index contributed by atoms with van der Waals surface area (Å²) in [5.74, 6) is 0.651. The standard InChI is InChI=1S/C13H14BrNO/c14-11-5-6-12-10(8-11)2-1-7-15(12)13(16)9-3-4-9/h5-6,8-9H,1-4,7H2. The second kappa shape index (κ2) is 3.88. The Balaban J connectivity index is 1.95. The Morgan fingerprint density at radius 2 is 2.19 bits per heavy atom. The number of carbonyl (C=O) groups excluding carboxylic acids is 1. The fourth-order valence-corrected chi connectivity index (χ4v) is 2.75. The topological polar surface area (TPSA) is 20.3 Å². The van der Waals surface area contributed by atoms with E-state index in [1.54, 1.807) is 0 Å². The number of carbonyl (C=O) groups is 1. The summed E-state index contributed by atoms with van der Waals surface area (Å²) in [6, 6.07) is 6.23. The largest absolute Gasteiger partial charge is 0.312 e. The number of amides is 1. The molecule has 0 bridgehead atoms. The first-order valence-electron chi connectivity index (χ1n) is 5.85. The van der Waals surface area contributed by atoms with Crippen molar-refractivity contribution in [3.8, 4) is 0 Å². The molecular weight excluding hydrogens is 266 g/mol. The monoisotopic (exact) mass is 279 g/mol. The van der Waals surface area contributed by atoms with Gasteiger partial charge in [-0.05, 0) is 49.4 Å². The highest BCUT2D eigenvalue weighted by atomic mass is 79.9. The van der Waals surface area contributed by atoms with Gasteiger partial charge >= 0.3 is 0 Å². The molecule has 0 saturated heterocycles. The van der Waals surface area contributed by atoms with Gasteiger partial charge in [0.2, 0.25) is 5.91 Å². The lowest BCUT2D eigenvalue weighted by molar-refractivity contribution is -0.119. The van der Waals surface area contributed by atoms with E-state index in [9.17, 15) is 4.79 Å². The highest BCUT2D eigenvalue weighted by Gasteiger charge is 2.35. The minimum atomic E-state index is 0.314. The van der Waals surface area contributed by atoms with Crippen molar-refractivity contribution in [1.29, 1.82) is 0 Å². The third kappa shape index (κ3) is 1.77. The molecule has 16 heavy (non-hydrogen) atoms. The number of benzene rings is 1. The van der Waals surface area contributed by atoms with Gasteiger partial charge in [-0.25, -0.2) is 0 Å². The summed E-state index contributed by atoms with van der Waals surface area (Å²) in [6.07, 6.45) is 4.34. The maximum absolute atomic E-state index is 12.1. The Hall–Kier alpha value is -0.830. The molecule has 84 valence electrons. The zero-order valence-corrected chi connectivity index (χ0v) is 10.7. The van der Waals surface area contributed by atoms with Gasteiger partial charge < -0.3 is 4.90 Å². The van der Waals surface area contributed by atoms with Crippen LogP contribution in [0, 0.1) is 5.92 Å². The van der Waals surface area contributed by atoms with Crippen LogP contribution in [0.4, 0.5) is 5.69 Å². The molecule has 0 atom stereocenters. The van der Waals surface area contributed by atoms with Crippen molar-refractivity contribution in [3.63, 3.8) is 0 Å². The van der Waals surface area contributed by atoms with E-state index >= 15 is 0 Å². The van der Waals surface area contributed by atoms with E-state index in [0.29, 0.717) is 11.8 Å². The highest BCUT2D eigenvalue weighted by molar-refractivity contribution is 9.10. The van der Waals surface area contributed by atoms with Crippen LogP contribution in [0.3, 0.4) is 0 Å². The molecule has 0 N–H and O–H groups in total. The number of rotatable bonds is 1. The normalized spacial score (nSPS) is 19.4. The Morgan fingerprint density at radius 3 is 2.94 bits per heavy atom. The summed E-state index contributed by atoms with van der Waals surface area (Å²) in [5.41, 5.74) is 2.43. The van der Waals surface area contributed by atoms with Gasteiger partial charge in [-0.15, -0.1) is 0 Å². The summed E-state index contributed by atoms with van der Waals surface area (Å²) in [7, 11) is 0. The van der Waals surface area contributed by atoms with E-state index in [1.807, 2.05) is 11.0 Å². The Morgan fingerprint density at radius 1 is 1.38 bits per heavy atom. The Labute approximate surface area is 104 Å². The smallest absolute Gasteiger partial charge is 0.230 e. The fraction of sp³-hybridized carbons (Fsp3) is 0.462. The first-order chi connectivity index (χ1) is 7.75. The maximum Gasteiger partial charge on any atom is 0.230 e. The van der Waals surface area contributed by atoms with E-state index in [-0.39, 0.29) is 0 Å². The van der Waals surface area contributed by atoms with Gasteiger partial charge in [0.15, 0.2) is 0 Å². The van der Waals surface area contributed by atoms with Crippen molar-refractivity contribution in [2.75, 3.05) is 11.4 Å². The fourth-order valence-electron chi connectivity index (χ4n) is 2.35. The summed E-state index contributed by atoms with van der Waals surface area (Å²) in [5, 5.41) is 0. The van der Waals surface area contributed by atoms with Crippen molar-refractivity contribution in [2.24, 2.45) is 5.92 Å². The van der Waals surface area contributed by atoms with Gasteiger partial charge in [-0.2, -0.15) is 0 Å². The average Bonchev–Trinajstić information content (AvgIpc) is 3.10. The van der Waals surface area contributed by atoms with Crippen molar-refractivity contribution >= 4 is 27.5 Å². The summed E-state index contributed by atoms with van der Waals surface area (Å²) in [6.45, 7) is 0.893. The Kier molecular flexibility index (Phi) is 2.51. The van der Waals surface area contributed by atoms with E-state index < -0.39 is 0 Å². The maximum atomic E-state index is 12.1. The highest BCUT2D eigenvalue weighted by Crippen LogP contribution is 2.36. The molecule has 1 aliphatic heterocycles. The molecule has 3 heteroatoms. The summed E-state index contributed by atoms with van der Waals surface area (Å²) >= 11 is 3.49. The SMILES string of the molecule is O=C(C1CC1)N1CCCc2cc(Br)ccc21. The molecule has 1 amide bonds. The van der Waals surface area contributed by atoms with E-state index in [1.165, 1.54) is 5.56 Å². The van der Waals surface area contributed by atoms with Crippen molar-refractivity contribution < 1.29 is 4.79 Å². The molecule has 1 heterocycles. The minimum absolute atomic E-state index is 0.314. The van der Waals surface area contributed by atoms with Gasteiger partial charge in [0, 0.05) is 22.6 Å². The van der Waals surface area contributed by atoms with Gasteiger partial charge in [0.1, 0.15) is 0 Å². The molecular formula is C13H14BrNO. The lowest BCUT2D eigenvalue weighted by Crippen LogP contribution is -2.36. The number of aryl methyl sites for hydroxylation is 1. The average molecular weight is 280 g/mol. The number of hydrogen-bond donors (Lipinski definition) is 0. The number of halogens is 1. The second-order valence-electron chi connectivity index (χ2n) is 4.64. The summed E-state index contributed by atoms with van der Waals surface area (Å²) in [4.78, 5) is 14.1. The van der Waals surface area contributed by atoms with Crippen molar-refractivity contribution in [2.45, 2.75) is 25.7 Å². The quantitative estimate of drug-likeness (QED) is 0.774. The van der Waals surface area contributed by atoms with Gasteiger partial charge in [0.25, 0.3) is 0 Å². The number of fused-ring (bicyclic) bond motifs is 1. The van der Waals surface area contributed by atoms with Crippen LogP contribution >= 0.6 is 15.9 Å². The zero-order valence-electron chi connectivity index (χ0n) is 9.08. The van der Waals surface area contributed by atoms with Crippen molar-refractivity contribution in [1.82, 2.24) is 0 Å². The molecule has 3 rings (SSSR count). The molecule has 0 radical (unpaired) electrons. The van der Waals surface area contributed by atoms with Gasteiger partial charge in [0.05, 0.1) is 0 Å². The molecule has 1 fully saturated rings. The van der Waals surface area contributed by atoms with Crippen LogP contribution in [-0.4, -0.2) is 12.5 Å². The molecule has 0 aromatic heterocycles. The number of hydrogen-bond acceptors (Lipinski definition) is 1. The molecule has 0 unspecified atom stereocenters. The van der Waals surface area contributed by atoms with E-state index in [4.69, 9.17) is 0 Å². The lowest BCUT2D eigenvalue weighted by atomic mass is 10.0. The first-order valence-corrected chi connectivity index (χ1v) is 6.65. The van der Waals surface area contributed by atoms with Crippen LogP contribution in [0.15, 0.2) is 22.7 Å². The molecule has 1 aromatic carbocycles. The number of nitrogens with zero attached hydrogens (tertiary/aromatic N) is 1. The molecule has 2 aliphatic rings. The molecule has 2 nitrogen and oxygen atoms in total. The predicted molar refractivity (Wildman–Crippen MR) is 67.5 cm³/mol. The molecule has 1 aliphatic carbocycles. The minimum Gasteiger partial charge on any atom is -0.312 e. The van der Waals surface area contributed by atoms with Crippen LogP contribution in [-0.2, 0) is 11.2 Å². The van der Waals surface area contributed by atoms with Crippen LogP contribution in [0.5, 0.6) is 0 Å². The number of anilines is 1. The Bertz CT molecular complexity index is 440. The van der Waals surface area contributed by atoms with Crippen molar-refractivity contribution in [3.05, 3.63) is 28.2 Å². The first kappa shape index (κ1) is 10.3. The van der Waals surface area contributed by atoms with Gasteiger partial charge in [-0.3, -0.25) is 4.79 Å². The van der Waals surface area contributed by atoms with Gasteiger partial charge in [-0.1, -0.05) is 15.9 Å². The molecule has 1 aromatic rings.